The molecule has 2 aliphatic rings. The lowest BCUT2D eigenvalue weighted by molar-refractivity contribution is 0.000612. The number of nitrogens with one attached hydrogen (secondary N) is 1. The van der Waals surface area contributed by atoms with E-state index in [2.05, 4.69) is 37.9 Å². The Balaban J connectivity index is 0.00000127. The maximum Gasteiger partial charge on any atom is 0.0571 e. The molecule has 2 rings (SSSR count). The Labute approximate surface area is 145 Å². The molecule has 2 fully saturated rings. The smallest absolute Gasteiger partial charge is 0.0571 e. The Morgan fingerprint density at radius 2 is 1.48 bits per heavy atom. The van der Waals surface area contributed by atoms with Gasteiger partial charge < -0.3 is 10.1 Å². The van der Waals surface area contributed by atoms with Crippen LogP contribution in [0.3, 0.4) is 0 Å². The van der Waals surface area contributed by atoms with Gasteiger partial charge in [-0.25, -0.2) is 0 Å². The van der Waals surface area contributed by atoms with Gasteiger partial charge >= 0.3 is 0 Å². The summed E-state index contributed by atoms with van der Waals surface area (Å²) in [6, 6.07) is 0. The van der Waals surface area contributed by atoms with Gasteiger partial charge in [0.05, 0.1) is 6.10 Å². The number of rotatable bonds is 5. The van der Waals surface area contributed by atoms with Crippen LogP contribution in [0.25, 0.3) is 0 Å². The van der Waals surface area contributed by atoms with E-state index in [4.69, 9.17) is 4.74 Å². The lowest BCUT2D eigenvalue weighted by Crippen LogP contribution is -2.55. The Hall–Kier alpha value is -0.120. The van der Waals surface area contributed by atoms with Crippen molar-refractivity contribution >= 4 is 0 Å². The minimum Gasteiger partial charge on any atom is -0.381 e. The van der Waals surface area contributed by atoms with Crippen LogP contribution in [0, 0.1) is 11.3 Å². The summed E-state index contributed by atoms with van der Waals surface area (Å²) in [4.78, 5) is 2.69. The fourth-order valence-corrected chi connectivity index (χ4v) is 4.72. The highest BCUT2D eigenvalue weighted by Gasteiger charge is 2.39. The van der Waals surface area contributed by atoms with Gasteiger partial charge in [-0.15, -0.1) is 0 Å². The molecule has 0 bridgehead atoms. The molecule has 23 heavy (non-hydrogen) atoms. The summed E-state index contributed by atoms with van der Waals surface area (Å²) in [5.41, 5.74) is 0.733. The Kier molecular flexibility index (Phi) is 8.54. The highest BCUT2D eigenvalue weighted by Crippen LogP contribution is 2.44. The van der Waals surface area contributed by atoms with Crippen molar-refractivity contribution in [3.8, 4) is 0 Å². The van der Waals surface area contributed by atoms with E-state index >= 15 is 0 Å². The number of ether oxygens (including phenoxy) is 1. The third kappa shape index (κ3) is 6.03. The molecule has 1 heterocycles. The fraction of sp³-hybridized carbons (Fsp3) is 1.00. The molecular weight excluding hydrogens is 284 g/mol. The topological polar surface area (TPSA) is 24.5 Å². The highest BCUT2D eigenvalue weighted by molar-refractivity contribution is 4.93. The average Bonchev–Trinajstić information content (AvgIpc) is 2.57. The molecule has 1 saturated heterocycles. The third-order valence-corrected chi connectivity index (χ3v) is 5.97. The number of nitrogens with zero attached hydrogens (tertiary/aromatic N) is 1. The van der Waals surface area contributed by atoms with E-state index in [0.29, 0.717) is 17.1 Å². The predicted molar refractivity (Wildman–Crippen MR) is 101 cm³/mol. The molecule has 1 N–H and O–H groups in total. The first kappa shape index (κ1) is 20.9. The lowest BCUT2D eigenvalue weighted by atomic mass is 9.65. The molecule has 138 valence electrons. The second kappa shape index (κ2) is 9.39. The summed E-state index contributed by atoms with van der Waals surface area (Å²) in [5.74, 6) is 0.853. The second-order valence-corrected chi connectivity index (χ2v) is 8.42. The quantitative estimate of drug-likeness (QED) is 0.814. The van der Waals surface area contributed by atoms with Gasteiger partial charge in [-0.2, -0.15) is 0 Å². The van der Waals surface area contributed by atoms with E-state index in [-0.39, 0.29) is 0 Å². The lowest BCUT2D eigenvalue weighted by Gasteiger charge is -2.48. The molecule has 0 spiro atoms. The van der Waals surface area contributed by atoms with Crippen molar-refractivity contribution in [1.29, 1.82) is 0 Å². The molecule has 0 aromatic carbocycles. The van der Waals surface area contributed by atoms with Gasteiger partial charge in [0.15, 0.2) is 0 Å². The summed E-state index contributed by atoms with van der Waals surface area (Å²) >= 11 is 0. The molecule has 0 amide bonds. The van der Waals surface area contributed by atoms with E-state index in [1.54, 1.807) is 0 Å². The first-order chi connectivity index (χ1) is 10.8. The maximum absolute atomic E-state index is 5.53. The van der Waals surface area contributed by atoms with Gasteiger partial charge in [0.25, 0.3) is 0 Å². The van der Waals surface area contributed by atoms with Gasteiger partial charge in [0, 0.05) is 38.8 Å². The molecule has 3 heteroatoms. The standard InChI is InChI=1S/C18H36N2O.C2H6/c1-17(2,15-6-8-16(21-5)9-7-15)14-18(3,4)20-12-10-19-11-13-20;1-2/h15-16,19H,6-14H2,1-5H3;1-2H3. The van der Waals surface area contributed by atoms with Gasteiger partial charge in [0.1, 0.15) is 0 Å². The van der Waals surface area contributed by atoms with E-state index in [0.717, 1.165) is 19.0 Å². The van der Waals surface area contributed by atoms with Crippen molar-refractivity contribution in [3.05, 3.63) is 0 Å². The van der Waals surface area contributed by atoms with Crippen LogP contribution in [0.1, 0.15) is 73.6 Å². The molecule has 0 atom stereocenters. The number of hydrogen-bond donors (Lipinski definition) is 1. The Bertz CT molecular complexity index is 314. The number of hydrogen-bond acceptors (Lipinski definition) is 3. The Morgan fingerprint density at radius 1 is 0.957 bits per heavy atom. The molecule has 1 aliphatic heterocycles. The zero-order valence-electron chi connectivity index (χ0n) is 16.9. The zero-order valence-corrected chi connectivity index (χ0v) is 16.9. The second-order valence-electron chi connectivity index (χ2n) is 8.42. The molecule has 1 aliphatic carbocycles. The van der Waals surface area contributed by atoms with Crippen LogP contribution < -0.4 is 5.32 Å². The van der Waals surface area contributed by atoms with Gasteiger partial charge in [-0.1, -0.05) is 27.7 Å². The van der Waals surface area contributed by atoms with Crippen LogP contribution in [0.5, 0.6) is 0 Å². The van der Waals surface area contributed by atoms with Crippen LogP contribution in [0.15, 0.2) is 0 Å². The van der Waals surface area contributed by atoms with Crippen LogP contribution in [-0.2, 0) is 4.74 Å². The van der Waals surface area contributed by atoms with E-state index in [9.17, 15) is 0 Å². The molecular formula is C20H42N2O. The summed E-state index contributed by atoms with van der Waals surface area (Å²) in [6.07, 6.45) is 6.98. The average molecular weight is 327 g/mol. The molecule has 0 unspecified atom stereocenters. The minimum absolute atomic E-state index is 0.309. The Morgan fingerprint density at radius 3 is 1.96 bits per heavy atom. The van der Waals surface area contributed by atoms with E-state index < -0.39 is 0 Å². The summed E-state index contributed by atoms with van der Waals surface area (Å²) < 4.78 is 5.53. The summed E-state index contributed by atoms with van der Waals surface area (Å²) in [7, 11) is 1.86. The van der Waals surface area contributed by atoms with Crippen LogP contribution in [0.2, 0.25) is 0 Å². The van der Waals surface area contributed by atoms with Crippen molar-refractivity contribution < 1.29 is 4.74 Å². The highest BCUT2D eigenvalue weighted by atomic mass is 16.5. The van der Waals surface area contributed by atoms with E-state index in [1.165, 1.54) is 45.2 Å². The van der Waals surface area contributed by atoms with Crippen molar-refractivity contribution in [3.63, 3.8) is 0 Å². The zero-order chi connectivity index (χ0) is 17.5. The third-order valence-electron chi connectivity index (χ3n) is 5.97. The van der Waals surface area contributed by atoms with Gasteiger partial charge in [-0.05, 0) is 57.3 Å². The first-order valence-corrected chi connectivity index (χ1v) is 9.84. The largest absolute Gasteiger partial charge is 0.381 e. The number of piperazine rings is 1. The molecule has 0 aromatic rings. The van der Waals surface area contributed by atoms with E-state index in [1.807, 2.05) is 21.0 Å². The van der Waals surface area contributed by atoms with Crippen molar-refractivity contribution in [2.24, 2.45) is 11.3 Å². The fourth-order valence-electron chi connectivity index (χ4n) is 4.72. The molecule has 0 aromatic heterocycles. The van der Waals surface area contributed by atoms with Crippen LogP contribution in [-0.4, -0.2) is 49.8 Å². The molecule has 1 saturated carbocycles. The molecule has 3 nitrogen and oxygen atoms in total. The summed E-state index contributed by atoms with van der Waals surface area (Å²) in [5, 5.41) is 3.47. The van der Waals surface area contributed by atoms with Crippen LogP contribution >= 0.6 is 0 Å². The summed E-state index contributed by atoms with van der Waals surface area (Å²) in [6.45, 7) is 18.6. The van der Waals surface area contributed by atoms with Crippen molar-refractivity contribution in [1.82, 2.24) is 10.2 Å². The monoisotopic (exact) mass is 326 g/mol. The van der Waals surface area contributed by atoms with Crippen molar-refractivity contribution in [2.45, 2.75) is 85.3 Å². The number of methoxy groups -OCH3 is 1. The maximum atomic E-state index is 5.53. The van der Waals surface area contributed by atoms with Crippen LogP contribution in [0.4, 0.5) is 0 Å². The van der Waals surface area contributed by atoms with Gasteiger partial charge in [-0.3, -0.25) is 4.90 Å². The normalized spacial score (nSPS) is 27.3. The molecule has 0 radical (unpaired) electrons. The van der Waals surface area contributed by atoms with Crippen molar-refractivity contribution in [2.75, 3.05) is 33.3 Å². The first-order valence-electron chi connectivity index (χ1n) is 9.84. The SMILES string of the molecule is CC.COC1CCC(C(C)(C)CC(C)(C)N2CCNCC2)CC1. The minimum atomic E-state index is 0.309. The predicted octanol–water partition coefficient (Wildman–Crippen LogP) is 4.32. The van der Waals surface area contributed by atoms with Gasteiger partial charge in [0.2, 0.25) is 0 Å².